The van der Waals surface area contributed by atoms with Crippen molar-refractivity contribution in [3.63, 3.8) is 0 Å². The van der Waals surface area contributed by atoms with E-state index >= 15 is 0 Å². The second kappa shape index (κ2) is 14.8. The fourth-order valence-electron chi connectivity index (χ4n) is 9.93. The lowest BCUT2D eigenvalue weighted by Crippen LogP contribution is -2.17. The Bertz CT molecular complexity index is 3520. The highest BCUT2D eigenvalue weighted by atomic mass is 32.1. The molecule has 10 aromatic carbocycles. The maximum absolute atomic E-state index is 2.46. The van der Waals surface area contributed by atoms with E-state index in [0.29, 0.717) is 0 Å². The van der Waals surface area contributed by atoms with Gasteiger partial charge in [-0.3, -0.25) is 0 Å². The monoisotopic (exact) mass is 821 g/mol. The first-order chi connectivity index (χ1) is 31.0. The summed E-state index contributed by atoms with van der Waals surface area (Å²) >= 11 is 1.86. The van der Waals surface area contributed by atoms with E-state index in [1.165, 1.54) is 97.7 Å². The summed E-state index contributed by atoms with van der Waals surface area (Å²) in [6, 6.07) is 82.9. The van der Waals surface area contributed by atoms with Crippen LogP contribution >= 0.6 is 11.3 Å². The van der Waals surface area contributed by atoms with Crippen molar-refractivity contribution < 1.29 is 0 Å². The molecule has 298 valence electrons. The first-order valence-corrected chi connectivity index (χ1v) is 22.6. The molecule has 1 nitrogen and oxygen atoms in total. The largest absolute Gasteiger partial charge is 0.310 e. The van der Waals surface area contributed by atoms with Crippen LogP contribution in [0.25, 0.3) is 86.6 Å². The first kappa shape index (κ1) is 37.3. The van der Waals surface area contributed by atoms with E-state index in [0.717, 1.165) is 17.1 Å². The molecule has 0 atom stereocenters. The van der Waals surface area contributed by atoms with E-state index < -0.39 is 0 Å². The third kappa shape index (κ3) is 6.37. The van der Waals surface area contributed by atoms with Gasteiger partial charge in [-0.05, 0) is 133 Å². The van der Waals surface area contributed by atoms with Gasteiger partial charge in [0.15, 0.2) is 0 Å². The molecular weight excluding hydrogens is 779 g/mol. The molecule has 0 N–H and O–H groups in total. The number of anilines is 3. The minimum absolute atomic E-state index is 0.208. The summed E-state index contributed by atoms with van der Waals surface area (Å²) in [6.45, 7) is 4.78. The van der Waals surface area contributed by atoms with Crippen LogP contribution in [0.4, 0.5) is 17.1 Å². The van der Waals surface area contributed by atoms with Crippen molar-refractivity contribution in [3.05, 3.63) is 236 Å². The van der Waals surface area contributed by atoms with E-state index in [1.54, 1.807) is 0 Å². The highest BCUT2D eigenvalue weighted by Crippen LogP contribution is 2.52. The lowest BCUT2D eigenvalue weighted by molar-refractivity contribution is 0.660. The molecule has 2 heteroatoms. The molecular formula is C61H43NS. The predicted molar refractivity (Wildman–Crippen MR) is 271 cm³/mol. The van der Waals surface area contributed by atoms with Crippen LogP contribution in [0, 0.1) is 0 Å². The number of rotatable bonds is 7. The molecule has 12 rings (SSSR count). The maximum Gasteiger partial charge on any atom is 0.0540 e. The van der Waals surface area contributed by atoms with Crippen molar-refractivity contribution in [2.45, 2.75) is 19.3 Å². The van der Waals surface area contributed by atoms with E-state index in [4.69, 9.17) is 0 Å². The van der Waals surface area contributed by atoms with Gasteiger partial charge in [0.25, 0.3) is 0 Å². The van der Waals surface area contributed by atoms with Crippen LogP contribution < -0.4 is 4.90 Å². The van der Waals surface area contributed by atoms with Gasteiger partial charge in [0.2, 0.25) is 0 Å². The zero-order valence-corrected chi connectivity index (χ0v) is 36.0. The van der Waals surface area contributed by atoms with E-state index in [1.807, 2.05) is 11.3 Å². The zero-order chi connectivity index (χ0) is 42.1. The van der Waals surface area contributed by atoms with Gasteiger partial charge < -0.3 is 4.90 Å². The minimum Gasteiger partial charge on any atom is -0.310 e. The Morgan fingerprint density at radius 1 is 0.333 bits per heavy atom. The van der Waals surface area contributed by atoms with Gasteiger partial charge >= 0.3 is 0 Å². The van der Waals surface area contributed by atoms with Crippen molar-refractivity contribution in [1.82, 2.24) is 0 Å². The zero-order valence-electron chi connectivity index (χ0n) is 35.2. The van der Waals surface area contributed by atoms with Gasteiger partial charge in [0.05, 0.1) is 5.69 Å². The number of thiophene rings is 1. The molecule has 1 heterocycles. The molecule has 0 bridgehead atoms. The van der Waals surface area contributed by atoms with Crippen LogP contribution in [-0.2, 0) is 5.41 Å². The Kier molecular flexibility index (Phi) is 8.77. The number of nitrogens with zero attached hydrogens (tertiary/aromatic N) is 1. The van der Waals surface area contributed by atoms with Crippen molar-refractivity contribution in [1.29, 1.82) is 0 Å². The molecule has 0 aliphatic heterocycles. The molecule has 0 saturated carbocycles. The SMILES string of the molecule is CC1(C)c2cc(-c3ccc4ccccc4c3)ccc2-c2ccc(N(c3ccc(-c4ccc5sc6ccccc6c5c4)cc3)c3ccccc3-c3ccc(-c4ccccc4)cc3)cc21. The fourth-order valence-corrected chi connectivity index (χ4v) is 11.0. The average Bonchev–Trinajstić information content (AvgIpc) is 3.83. The van der Waals surface area contributed by atoms with Gasteiger partial charge in [0.1, 0.15) is 0 Å². The topological polar surface area (TPSA) is 3.24 Å². The Hall–Kier alpha value is -7.52. The minimum atomic E-state index is -0.208. The fraction of sp³-hybridized carbons (Fsp3) is 0.0492. The van der Waals surface area contributed by atoms with Crippen LogP contribution in [0.5, 0.6) is 0 Å². The Labute approximate surface area is 372 Å². The average molecular weight is 822 g/mol. The second-order valence-corrected chi connectivity index (χ2v) is 18.4. The summed E-state index contributed by atoms with van der Waals surface area (Å²) in [7, 11) is 0. The van der Waals surface area contributed by atoms with Gasteiger partial charge in [-0.15, -0.1) is 11.3 Å². The Morgan fingerprint density at radius 2 is 0.873 bits per heavy atom. The Morgan fingerprint density at radius 3 is 1.71 bits per heavy atom. The van der Waals surface area contributed by atoms with Gasteiger partial charge in [-0.1, -0.05) is 178 Å². The van der Waals surface area contributed by atoms with Crippen molar-refractivity contribution in [3.8, 4) is 55.6 Å². The number of fused-ring (bicyclic) bond motifs is 7. The van der Waals surface area contributed by atoms with Crippen molar-refractivity contribution in [2.75, 3.05) is 4.90 Å². The third-order valence-corrected chi connectivity index (χ3v) is 14.4. The molecule has 63 heavy (non-hydrogen) atoms. The predicted octanol–water partition coefficient (Wildman–Crippen LogP) is 17.7. The van der Waals surface area contributed by atoms with Crippen LogP contribution in [0.3, 0.4) is 0 Å². The molecule has 0 spiro atoms. The molecule has 0 unspecified atom stereocenters. The summed E-state index contributed by atoms with van der Waals surface area (Å²) in [5, 5.41) is 5.17. The highest BCUT2D eigenvalue weighted by molar-refractivity contribution is 7.25. The van der Waals surface area contributed by atoms with E-state index in [2.05, 4.69) is 243 Å². The number of hydrogen-bond acceptors (Lipinski definition) is 2. The standard InChI is InChI=1S/C61H43NS/c1-61(2)56-38-48(46-25-22-41-14-6-7-15-45(41)36-46)28-33-52(56)53-34-32-50(39-57(53)61)62(58-18-10-8-16-51(58)44-23-20-42(21-24-44)40-12-4-3-5-13-40)49-30-26-43(27-31-49)47-29-35-60-55(37-47)54-17-9-11-19-59(54)63-60/h3-39H,1-2H3. The summed E-state index contributed by atoms with van der Waals surface area (Å²) in [5.41, 5.74) is 18.2. The lowest BCUT2D eigenvalue weighted by Gasteiger charge is -2.30. The smallest absolute Gasteiger partial charge is 0.0540 e. The molecule has 1 aromatic heterocycles. The normalized spacial score (nSPS) is 12.7. The number of para-hydroxylation sites is 1. The summed E-state index contributed by atoms with van der Waals surface area (Å²) in [6.07, 6.45) is 0. The van der Waals surface area contributed by atoms with Gasteiger partial charge in [-0.25, -0.2) is 0 Å². The van der Waals surface area contributed by atoms with Crippen molar-refractivity contribution >= 4 is 59.3 Å². The maximum atomic E-state index is 2.46. The highest BCUT2D eigenvalue weighted by Gasteiger charge is 2.36. The summed E-state index contributed by atoms with van der Waals surface area (Å²) < 4.78 is 2.65. The van der Waals surface area contributed by atoms with Crippen LogP contribution in [0.2, 0.25) is 0 Å². The molecule has 1 aliphatic carbocycles. The number of benzene rings is 10. The van der Waals surface area contributed by atoms with Gasteiger partial charge in [-0.2, -0.15) is 0 Å². The van der Waals surface area contributed by atoms with Gasteiger partial charge in [0, 0.05) is 42.5 Å². The molecule has 0 saturated heterocycles. The molecule has 0 radical (unpaired) electrons. The van der Waals surface area contributed by atoms with Crippen LogP contribution in [0.15, 0.2) is 224 Å². The van der Waals surface area contributed by atoms with Crippen LogP contribution in [-0.4, -0.2) is 0 Å². The summed E-state index contributed by atoms with van der Waals surface area (Å²) in [5.74, 6) is 0. The molecule has 0 fully saturated rings. The summed E-state index contributed by atoms with van der Waals surface area (Å²) in [4.78, 5) is 2.46. The number of hydrogen-bond donors (Lipinski definition) is 0. The van der Waals surface area contributed by atoms with E-state index in [-0.39, 0.29) is 5.41 Å². The van der Waals surface area contributed by atoms with Crippen molar-refractivity contribution in [2.24, 2.45) is 0 Å². The molecule has 0 amide bonds. The Balaban J connectivity index is 0.966. The molecule has 1 aliphatic rings. The quantitative estimate of drug-likeness (QED) is 0.155. The third-order valence-electron chi connectivity index (χ3n) is 13.3. The molecule has 11 aromatic rings. The van der Waals surface area contributed by atoms with E-state index in [9.17, 15) is 0 Å². The second-order valence-electron chi connectivity index (χ2n) is 17.3. The lowest BCUT2D eigenvalue weighted by atomic mass is 9.81. The van der Waals surface area contributed by atoms with Crippen LogP contribution in [0.1, 0.15) is 25.0 Å². The first-order valence-electron chi connectivity index (χ1n) is 21.8.